The molecule has 5 nitrogen and oxygen atoms in total. The zero-order valence-electron chi connectivity index (χ0n) is 11.8. The molecule has 0 N–H and O–H groups in total. The molecule has 0 aliphatic heterocycles. The summed E-state index contributed by atoms with van der Waals surface area (Å²) in [5.41, 5.74) is 0.721. The van der Waals surface area contributed by atoms with E-state index in [-0.39, 0.29) is 23.4 Å². The molecule has 0 saturated heterocycles. The number of rotatable bonds is 5. The topological polar surface area (TPSA) is 57.0 Å². The van der Waals surface area contributed by atoms with Gasteiger partial charge in [-0.1, -0.05) is 18.6 Å². The van der Waals surface area contributed by atoms with E-state index >= 15 is 0 Å². The van der Waals surface area contributed by atoms with Crippen molar-refractivity contribution in [1.82, 2.24) is 15.0 Å². The van der Waals surface area contributed by atoms with Crippen LogP contribution in [-0.4, -0.2) is 26.6 Å². The van der Waals surface area contributed by atoms with Crippen LogP contribution in [0.4, 0.5) is 0 Å². The van der Waals surface area contributed by atoms with E-state index in [0.29, 0.717) is 5.92 Å². The molecular formula is C14H21N3O2. The number of hydrogen-bond donors (Lipinski definition) is 0. The van der Waals surface area contributed by atoms with Crippen LogP contribution in [0.5, 0.6) is 0 Å². The second kappa shape index (κ2) is 4.32. The molecule has 2 saturated carbocycles. The van der Waals surface area contributed by atoms with E-state index in [1.165, 1.54) is 0 Å². The minimum Gasteiger partial charge on any atom is -0.459 e. The number of ether oxygens (including phenoxy) is 1. The van der Waals surface area contributed by atoms with Gasteiger partial charge in [0, 0.05) is 25.1 Å². The van der Waals surface area contributed by atoms with Crippen molar-refractivity contribution >= 4 is 5.97 Å². The van der Waals surface area contributed by atoms with Gasteiger partial charge in [0.15, 0.2) is 0 Å². The van der Waals surface area contributed by atoms with E-state index in [4.69, 9.17) is 4.74 Å². The Labute approximate surface area is 113 Å². The molecule has 2 fully saturated rings. The van der Waals surface area contributed by atoms with Gasteiger partial charge in [0.2, 0.25) is 0 Å². The molecule has 4 atom stereocenters. The van der Waals surface area contributed by atoms with Gasteiger partial charge in [0.25, 0.3) is 0 Å². The SMILES string of the molecule is CCCC1CC1(C)OC(=O)[C@@H]1C[C@H]1c1cn(C)nn1. The summed E-state index contributed by atoms with van der Waals surface area (Å²) < 4.78 is 7.38. The van der Waals surface area contributed by atoms with Crippen LogP contribution in [0.2, 0.25) is 0 Å². The second-order valence-corrected chi connectivity index (χ2v) is 6.19. The monoisotopic (exact) mass is 263 g/mol. The molecule has 104 valence electrons. The number of aromatic nitrogens is 3. The lowest BCUT2D eigenvalue weighted by molar-refractivity contribution is -0.152. The molecule has 0 amide bonds. The zero-order valence-corrected chi connectivity index (χ0v) is 11.8. The summed E-state index contributed by atoms with van der Waals surface area (Å²) in [7, 11) is 1.84. The highest BCUT2D eigenvalue weighted by Crippen LogP contribution is 2.53. The Morgan fingerprint density at radius 1 is 1.63 bits per heavy atom. The molecule has 0 radical (unpaired) electrons. The molecule has 2 aliphatic rings. The fourth-order valence-corrected chi connectivity index (χ4v) is 2.93. The van der Waals surface area contributed by atoms with Crippen molar-refractivity contribution in [1.29, 1.82) is 0 Å². The van der Waals surface area contributed by atoms with Crippen LogP contribution in [0.25, 0.3) is 0 Å². The van der Waals surface area contributed by atoms with Gasteiger partial charge in [-0.2, -0.15) is 0 Å². The van der Waals surface area contributed by atoms with Crippen LogP contribution in [0, 0.1) is 11.8 Å². The van der Waals surface area contributed by atoms with E-state index in [1.54, 1.807) is 4.68 Å². The predicted octanol–water partition coefficient (Wildman–Crippen LogP) is 2.04. The predicted molar refractivity (Wildman–Crippen MR) is 69.4 cm³/mol. The molecule has 3 rings (SSSR count). The Balaban J connectivity index is 1.53. The maximum atomic E-state index is 12.1. The first-order chi connectivity index (χ1) is 9.03. The van der Waals surface area contributed by atoms with Gasteiger partial charge in [-0.3, -0.25) is 9.48 Å². The molecule has 0 bridgehead atoms. The fraction of sp³-hybridized carbons (Fsp3) is 0.786. The maximum absolute atomic E-state index is 12.1. The maximum Gasteiger partial charge on any atom is 0.310 e. The van der Waals surface area contributed by atoms with Crippen molar-refractivity contribution in [3.05, 3.63) is 11.9 Å². The van der Waals surface area contributed by atoms with E-state index in [1.807, 2.05) is 13.2 Å². The molecule has 0 aromatic carbocycles. The largest absolute Gasteiger partial charge is 0.459 e. The third kappa shape index (κ3) is 2.38. The third-order valence-electron chi connectivity index (χ3n) is 4.42. The molecule has 19 heavy (non-hydrogen) atoms. The van der Waals surface area contributed by atoms with Crippen molar-refractivity contribution in [3.63, 3.8) is 0 Å². The van der Waals surface area contributed by atoms with Crippen molar-refractivity contribution in [2.75, 3.05) is 0 Å². The Bertz CT molecular complexity index is 499. The quantitative estimate of drug-likeness (QED) is 0.763. The highest BCUT2D eigenvalue weighted by Gasteiger charge is 2.56. The van der Waals surface area contributed by atoms with E-state index in [9.17, 15) is 4.79 Å². The van der Waals surface area contributed by atoms with Gasteiger partial charge >= 0.3 is 5.97 Å². The first kappa shape index (κ1) is 12.6. The second-order valence-electron chi connectivity index (χ2n) is 6.19. The Hall–Kier alpha value is -1.39. The lowest BCUT2D eigenvalue weighted by atomic mass is 10.2. The van der Waals surface area contributed by atoms with Crippen LogP contribution in [-0.2, 0) is 16.6 Å². The van der Waals surface area contributed by atoms with Gasteiger partial charge in [0.05, 0.1) is 11.6 Å². The lowest BCUT2D eigenvalue weighted by Crippen LogP contribution is -2.20. The summed E-state index contributed by atoms with van der Waals surface area (Å²) in [6.07, 6.45) is 6.07. The Morgan fingerprint density at radius 3 is 3.05 bits per heavy atom. The smallest absolute Gasteiger partial charge is 0.310 e. The number of carbonyl (C=O) groups is 1. The van der Waals surface area contributed by atoms with Gasteiger partial charge < -0.3 is 4.74 Å². The van der Waals surface area contributed by atoms with E-state index in [0.717, 1.165) is 31.4 Å². The summed E-state index contributed by atoms with van der Waals surface area (Å²) in [4.78, 5) is 12.1. The lowest BCUT2D eigenvalue weighted by Gasteiger charge is -2.13. The van der Waals surface area contributed by atoms with Gasteiger partial charge in [-0.05, 0) is 26.2 Å². The average Bonchev–Trinajstić information content (AvgIpc) is 3.21. The van der Waals surface area contributed by atoms with Crippen molar-refractivity contribution in [2.45, 2.75) is 51.0 Å². The minimum absolute atomic E-state index is 0.00333. The molecule has 1 aromatic heterocycles. The minimum atomic E-state index is -0.192. The normalized spacial score (nSPS) is 36.1. The number of hydrogen-bond acceptors (Lipinski definition) is 4. The molecule has 5 heteroatoms. The summed E-state index contributed by atoms with van der Waals surface area (Å²) in [5, 5.41) is 7.98. The van der Waals surface area contributed by atoms with Crippen LogP contribution in [0.1, 0.15) is 51.1 Å². The molecule has 1 heterocycles. The molecule has 1 aromatic rings. The van der Waals surface area contributed by atoms with Crippen molar-refractivity contribution in [3.8, 4) is 0 Å². The summed E-state index contributed by atoms with van der Waals surface area (Å²) in [5.74, 6) is 0.733. The van der Waals surface area contributed by atoms with Crippen molar-refractivity contribution < 1.29 is 9.53 Å². The fourth-order valence-electron chi connectivity index (χ4n) is 2.93. The first-order valence-corrected chi connectivity index (χ1v) is 7.12. The van der Waals surface area contributed by atoms with Crippen LogP contribution >= 0.6 is 0 Å². The average molecular weight is 263 g/mol. The van der Waals surface area contributed by atoms with Gasteiger partial charge in [-0.25, -0.2) is 0 Å². The highest BCUT2D eigenvalue weighted by atomic mass is 16.6. The van der Waals surface area contributed by atoms with Crippen molar-refractivity contribution in [2.24, 2.45) is 18.9 Å². The summed E-state index contributed by atoms with van der Waals surface area (Å²) in [6, 6.07) is 0. The summed E-state index contributed by atoms with van der Waals surface area (Å²) in [6.45, 7) is 4.23. The Morgan fingerprint density at radius 2 is 2.42 bits per heavy atom. The van der Waals surface area contributed by atoms with Crippen LogP contribution in [0.3, 0.4) is 0 Å². The zero-order chi connectivity index (χ0) is 13.6. The number of esters is 1. The molecule has 0 spiro atoms. The van der Waals surface area contributed by atoms with Crippen LogP contribution in [0.15, 0.2) is 6.20 Å². The van der Waals surface area contributed by atoms with E-state index < -0.39 is 0 Å². The molecule has 2 aliphatic carbocycles. The first-order valence-electron chi connectivity index (χ1n) is 7.12. The Kier molecular flexibility index (Phi) is 2.87. The number of nitrogens with zero attached hydrogens (tertiary/aromatic N) is 3. The molecule has 2 unspecified atom stereocenters. The molecular weight excluding hydrogens is 242 g/mol. The van der Waals surface area contributed by atoms with Crippen LogP contribution < -0.4 is 0 Å². The highest BCUT2D eigenvalue weighted by molar-refractivity contribution is 5.77. The standard InChI is InChI=1S/C14H21N3O2/c1-4-5-9-7-14(9,2)19-13(18)11-6-10(11)12-8-17(3)16-15-12/h8-11H,4-7H2,1-3H3/t9?,10-,11-,14?/m1/s1. The van der Waals surface area contributed by atoms with Gasteiger partial charge in [0.1, 0.15) is 5.60 Å². The summed E-state index contributed by atoms with van der Waals surface area (Å²) >= 11 is 0. The number of carbonyl (C=O) groups excluding carboxylic acids is 1. The third-order valence-corrected chi connectivity index (χ3v) is 4.42. The van der Waals surface area contributed by atoms with Gasteiger partial charge in [-0.15, -0.1) is 5.10 Å². The number of aryl methyl sites for hydroxylation is 1. The van der Waals surface area contributed by atoms with E-state index in [2.05, 4.69) is 24.2 Å².